The Balaban J connectivity index is 1.60. The van der Waals surface area contributed by atoms with E-state index in [4.69, 9.17) is 0 Å². The summed E-state index contributed by atoms with van der Waals surface area (Å²) in [5, 5.41) is 7.38. The maximum atomic E-state index is 12.9. The molecule has 0 aliphatic carbocycles. The molecule has 0 saturated carbocycles. The lowest BCUT2D eigenvalue weighted by atomic mass is 10.1. The molecule has 1 aliphatic heterocycles. The van der Waals surface area contributed by atoms with Crippen LogP contribution in [-0.2, 0) is 5.54 Å². The van der Waals surface area contributed by atoms with Crippen molar-refractivity contribution < 1.29 is 14.4 Å². The molecule has 32 heavy (non-hydrogen) atoms. The summed E-state index contributed by atoms with van der Waals surface area (Å²) < 4.78 is 1.88. The monoisotopic (exact) mass is 430 g/mol. The van der Waals surface area contributed by atoms with E-state index in [9.17, 15) is 14.4 Å². The van der Waals surface area contributed by atoms with Gasteiger partial charge in [0.15, 0.2) is 5.69 Å². The number of fused-ring (bicyclic) bond motifs is 1. The first-order chi connectivity index (χ1) is 15.1. The summed E-state index contributed by atoms with van der Waals surface area (Å²) in [6, 6.07) is 15.2. The molecule has 1 aliphatic rings. The van der Waals surface area contributed by atoms with Gasteiger partial charge in [0.05, 0.1) is 22.4 Å². The summed E-state index contributed by atoms with van der Waals surface area (Å²) in [5.41, 5.74) is 2.65. The molecule has 164 valence electrons. The second-order valence-electron chi connectivity index (χ2n) is 9.19. The minimum Gasteiger partial charge on any atom is -0.321 e. The van der Waals surface area contributed by atoms with E-state index in [1.54, 1.807) is 54.6 Å². The lowest BCUT2D eigenvalue weighted by molar-refractivity contribution is 0.0925. The first-order valence-electron chi connectivity index (χ1n) is 10.6. The number of nitrogens with zero attached hydrogens (tertiary/aromatic N) is 3. The molecule has 0 unspecified atom stereocenters. The summed E-state index contributed by atoms with van der Waals surface area (Å²) >= 11 is 0. The minimum atomic E-state index is -0.375. The highest BCUT2D eigenvalue weighted by molar-refractivity contribution is 6.34. The van der Waals surface area contributed by atoms with Crippen molar-refractivity contribution in [3.05, 3.63) is 77.1 Å². The van der Waals surface area contributed by atoms with Gasteiger partial charge in [-0.3, -0.25) is 19.1 Å². The second kappa shape index (κ2) is 7.75. The molecule has 4 rings (SSSR count). The number of benzene rings is 2. The molecule has 7 nitrogen and oxygen atoms in total. The van der Waals surface area contributed by atoms with Gasteiger partial charge in [0.2, 0.25) is 0 Å². The van der Waals surface area contributed by atoms with Crippen molar-refractivity contribution >= 4 is 29.1 Å². The van der Waals surface area contributed by atoms with Gasteiger partial charge < -0.3 is 5.32 Å². The normalized spacial score (nSPS) is 13.6. The van der Waals surface area contributed by atoms with Gasteiger partial charge in [0.25, 0.3) is 17.7 Å². The lowest BCUT2D eigenvalue weighted by Gasteiger charge is -2.23. The Kier molecular flexibility index (Phi) is 5.20. The molecule has 0 radical (unpaired) electrons. The van der Waals surface area contributed by atoms with Gasteiger partial charge in [-0.1, -0.05) is 32.0 Å². The summed E-state index contributed by atoms with van der Waals surface area (Å²) in [6.07, 6.45) is 0. The third-order valence-corrected chi connectivity index (χ3v) is 5.35. The first-order valence-corrected chi connectivity index (χ1v) is 10.6. The van der Waals surface area contributed by atoms with Gasteiger partial charge in [-0.2, -0.15) is 5.10 Å². The average Bonchev–Trinajstić information content (AvgIpc) is 3.30. The average molecular weight is 431 g/mol. The van der Waals surface area contributed by atoms with E-state index >= 15 is 0 Å². The van der Waals surface area contributed by atoms with Crippen LogP contribution in [0.2, 0.25) is 0 Å². The number of hydrogen-bond acceptors (Lipinski definition) is 4. The van der Waals surface area contributed by atoms with Crippen LogP contribution in [-0.4, -0.2) is 27.5 Å². The van der Waals surface area contributed by atoms with Gasteiger partial charge in [-0.15, -0.1) is 0 Å². The number of nitrogens with one attached hydrogen (secondary N) is 1. The van der Waals surface area contributed by atoms with Crippen molar-refractivity contribution in [2.24, 2.45) is 0 Å². The molecule has 2 heterocycles. The predicted molar refractivity (Wildman–Crippen MR) is 123 cm³/mol. The summed E-state index contributed by atoms with van der Waals surface area (Å²) in [7, 11) is 0. The highest BCUT2D eigenvalue weighted by Crippen LogP contribution is 2.30. The molecule has 2 aromatic carbocycles. The highest BCUT2D eigenvalue weighted by atomic mass is 16.2. The van der Waals surface area contributed by atoms with E-state index in [0.717, 1.165) is 10.6 Å². The fourth-order valence-electron chi connectivity index (χ4n) is 3.80. The van der Waals surface area contributed by atoms with Gasteiger partial charge in [0.1, 0.15) is 0 Å². The van der Waals surface area contributed by atoms with Crippen LogP contribution in [0.1, 0.15) is 77.4 Å². The molecule has 0 atom stereocenters. The lowest BCUT2D eigenvalue weighted by Crippen LogP contribution is -2.29. The smallest absolute Gasteiger partial charge is 0.276 e. The van der Waals surface area contributed by atoms with Crippen LogP contribution < -0.4 is 10.2 Å². The van der Waals surface area contributed by atoms with E-state index in [2.05, 4.69) is 24.3 Å². The van der Waals surface area contributed by atoms with E-state index in [1.165, 1.54) is 0 Å². The minimum absolute atomic E-state index is 0.209. The Morgan fingerprint density at radius 2 is 1.56 bits per heavy atom. The zero-order chi connectivity index (χ0) is 23.2. The molecule has 0 spiro atoms. The Morgan fingerprint density at radius 3 is 2.09 bits per heavy atom. The molecule has 0 saturated heterocycles. The molecule has 3 aromatic rings. The van der Waals surface area contributed by atoms with Crippen LogP contribution in [0.15, 0.2) is 54.6 Å². The number of anilines is 2. The molecular weight excluding hydrogens is 404 g/mol. The third-order valence-electron chi connectivity index (χ3n) is 5.35. The number of amides is 3. The summed E-state index contributed by atoms with van der Waals surface area (Å²) in [5.74, 6) is -0.894. The van der Waals surface area contributed by atoms with Crippen molar-refractivity contribution in [2.75, 3.05) is 10.2 Å². The number of aromatic nitrogens is 2. The number of carbonyl (C=O) groups excluding carboxylic acids is 3. The SMILES string of the molecule is CC(C)c1cc(C(=O)Nc2cccc(N3C(=O)c4ccccc4C3=O)c2)nn1C(C)(C)C. The van der Waals surface area contributed by atoms with Crippen molar-refractivity contribution in [2.45, 2.75) is 46.1 Å². The van der Waals surface area contributed by atoms with Crippen molar-refractivity contribution in [3.63, 3.8) is 0 Å². The van der Waals surface area contributed by atoms with Crippen LogP contribution in [0, 0.1) is 0 Å². The predicted octanol–water partition coefficient (Wildman–Crippen LogP) is 4.81. The zero-order valence-electron chi connectivity index (χ0n) is 18.8. The second-order valence-corrected chi connectivity index (χ2v) is 9.19. The van der Waals surface area contributed by atoms with Crippen LogP contribution in [0.25, 0.3) is 0 Å². The first kappa shape index (κ1) is 21.5. The van der Waals surface area contributed by atoms with Gasteiger partial charge in [0, 0.05) is 11.4 Å². The Labute approximate surface area is 187 Å². The third kappa shape index (κ3) is 3.70. The van der Waals surface area contributed by atoms with Crippen LogP contribution in [0.4, 0.5) is 11.4 Å². The van der Waals surface area contributed by atoms with E-state index in [0.29, 0.717) is 28.2 Å². The van der Waals surface area contributed by atoms with Gasteiger partial charge >= 0.3 is 0 Å². The van der Waals surface area contributed by atoms with Crippen molar-refractivity contribution in [1.82, 2.24) is 9.78 Å². The molecule has 7 heteroatoms. The van der Waals surface area contributed by atoms with E-state index < -0.39 is 0 Å². The number of hydrogen-bond donors (Lipinski definition) is 1. The number of rotatable bonds is 4. The molecule has 3 amide bonds. The Bertz CT molecular complexity index is 1200. The van der Waals surface area contributed by atoms with Gasteiger partial charge in [-0.05, 0) is 63.1 Å². The summed E-state index contributed by atoms with van der Waals surface area (Å²) in [6.45, 7) is 10.2. The summed E-state index contributed by atoms with van der Waals surface area (Å²) in [4.78, 5) is 39.6. The maximum absolute atomic E-state index is 12.9. The fourth-order valence-corrected chi connectivity index (χ4v) is 3.80. The molecule has 0 fully saturated rings. The Hall–Kier alpha value is -3.74. The van der Waals surface area contributed by atoms with E-state index in [1.807, 2.05) is 25.5 Å². The molecular formula is C25H26N4O3. The largest absolute Gasteiger partial charge is 0.321 e. The number of carbonyl (C=O) groups is 3. The zero-order valence-corrected chi connectivity index (χ0v) is 18.8. The molecule has 0 bridgehead atoms. The standard InChI is InChI=1S/C25H26N4O3/c1-15(2)21-14-20(27-29(21)25(3,4)5)22(30)26-16-9-8-10-17(13-16)28-23(31)18-11-6-7-12-19(18)24(28)32/h6-15H,1-5H3,(H,26,30). The fraction of sp³-hybridized carbons (Fsp3) is 0.280. The molecule has 1 N–H and O–H groups in total. The van der Waals surface area contributed by atoms with E-state index in [-0.39, 0.29) is 29.2 Å². The highest BCUT2D eigenvalue weighted by Gasteiger charge is 2.36. The van der Waals surface area contributed by atoms with Crippen LogP contribution in [0.5, 0.6) is 0 Å². The molecule has 1 aromatic heterocycles. The van der Waals surface area contributed by atoms with Crippen molar-refractivity contribution in [1.29, 1.82) is 0 Å². The topological polar surface area (TPSA) is 84.3 Å². The number of imide groups is 1. The van der Waals surface area contributed by atoms with Gasteiger partial charge in [-0.25, -0.2) is 4.90 Å². The Morgan fingerprint density at radius 1 is 0.938 bits per heavy atom. The van der Waals surface area contributed by atoms with Crippen LogP contribution >= 0.6 is 0 Å². The quantitative estimate of drug-likeness (QED) is 0.602. The maximum Gasteiger partial charge on any atom is 0.276 e. The van der Waals surface area contributed by atoms with Crippen molar-refractivity contribution in [3.8, 4) is 0 Å². The van der Waals surface area contributed by atoms with Crippen LogP contribution in [0.3, 0.4) is 0 Å².